The van der Waals surface area contributed by atoms with Crippen molar-refractivity contribution in [3.05, 3.63) is 29.8 Å². The maximum atomic E-state index is 12.1. The van der Waals surface area contributed by atoms with Crippen LogP contribution in [0.5, 0.6) is 5.75 Å². The van der Waals surface area contributed by atoms with Crippen molar-refractivity contribution in [2.75, 3.05) is 40.0 Å². The third kappa shape index (κ3) is 4.71. The molecule has 1 aromatic rings. The molecule has 1 fully saturated rings. The predicted molar refractivity (Wildman–Crippen MR) is 86.2 cm³/mol. The summed E-state index contributed by atoms with van der Waals surface area (Å²) >= 11 is 0. The fourth-order valence-electron chi connectivity index (χ4n) is 2.59. The topological polar surface area (TPSA) is 50.8 Å². The Hall–Kier alpha value is -1.59. The minimum Gasteiger partial charge on any atom is -0.497 e. The average molecular weight is 306 g/mol. The van der Waals surface area contributed by atoms with Gasteiger partial charge in [-0.1, -0.05) is 12.1 Å². The molecule has 1 heterocycles. The molecule has 1 saturated heterocycles. The number of amides is 1. The number of hydrogen-bond acceptors (Lipinski definition) is 4. The Morgan fingerprint density at radius 3 is 2.50 bits per heavy atom. The maximum Gasteiger partial charge on any atom is 0.224 e. The number of hydrogen-bond donors (Lipinski definition) is 1. The number of nitrogens with one attached hydrogen (secondary N) is 1. The first kappa shape index (κ1) is 16.8. The molecule has 2 rings (SSSR count). The van der Waals surface area contributed by atoms with Crippen molar-refractivity contribution >= 4 is 5.91 Å². The van der Waals surface area contributed by atoms with Gasteiger partial charge in [-0.2, -0.15) is 0 Å². The number of nitrogens with zero attached hydrogens (tertiary/aromatic N) is 1. The van der Waals surface area contributed by atoms with Gasteiger partial charge in [-0.05, 0) is 31.5 Å². The SMILES string of the molecule is COc1ccc(CC(=O)NCC(C)(C)N2CCOCC2)cc1. The van der Waals surface area contributed by atoms with Gasteiger partial charge in [0.15, 0.2) is 0 Å². The molecule has 122 valence electrons. The Morgan fingerprint density at radius 1 is 1.27 bits per heavy atom. The van der Waals surface area contributed by atoms with Crippen molar-refractivity contribution < 1.29 is 14.3 Å². The van der Waals surface area contributed by atoms with Crippen LogP contribution in [-0.4, -0.2) is 56.3 Å². The summed E-state index contributed by atoms with van der Waals surface area (Å²) in [5, 5.41) is 3.04. The van der Waals surface area contributed by atoms with E-state index in [1.807, 2.05) is 24.3 Å². The summed E-state index contributed by atoms with van der Waals surface area (Å²) in [6.45, 7) is 8.33. The first-order valence-electron chi connectivity index (χ1n) is 7.74. The molecule has 0 aliphatic carbocycles. The van der Waals surface area contributed by atoms with Crippen molar-refractivity contribution in [1.29, 1.82) is 0 Å². The number of carbonyl (C=O) groups excluding carboxylic acids is 1. The molecular formula is C17H26N2O3. The smallest absolute Gasteiger partial charge is 0.224 e. The summed E-state index contributed by atoms with van der Waals surface area (Å²) in [4.78, 5) is 14.5. The molecule has 0 atom stereocenters. The highest BCUT2D eigenvalue weighted by atomic mass is 16.5. The largest absolute Gasteiger partial charge is 0.497 e. The minimum absolute atomic E-state index is 0.0477. The van der Waals surface area contributed by atoms with Crippen LogP contribution in [0.1, 0.15) is 19.4 Å². The van der Waals surface area contributed by atoms with Crippen molar-refractivity contribution in [2.24, 2.45) is 0 Å². The highest BCUT2D eigenvalue weighted by molar-refractivity contribution is 5.78. The van der Waals surface area contributed by atoms with Gasteiger partial charge in [-0.3, -0.25) is 9.69 Å². The van der Waals surface area contributed by atoms with Crippen LogP contribution < -0.4 is 10.1 Å². The summed E-state index contributed by atoms with van der Waals surface area (Å²) in [5.41, 5.74) is 0.932. The summed E-state index contributed by atoms with van der Waals surface area (Å²) < 4.78 is 10.5. The van der Waals surface area contributed by atoms with E-state index in [1.165, 1.54) is 0 Å². The molecule has 1 aromatic carbocycles. The molecule has 22 heavy (non-hydrogen) atoms. The number of methoxy groups -OCH3 is 1. The van der Waals surface area contributed by atoms with E-state index in [2.05, 4.69) is 24.1 Å². The highest BCUT2D eigenvalue weighted by Gasteiger charge is 2.28. The van der Waals surface area contributed by atoms with Crippen LogP contribution in [0, 0.1) is 0 Å². The van der Waals surface area contributed by atoms with Crippen LogP contribution >= 0.6 is 0 Å². The van der Waals surface area contributed by atoms with Crippen LogP contribution in [0.2, 0.25) is 0 Å². The Morgan fingerprint density at radius 2 is 1.91 bits per heavy atom. The van der Waals surface area contributed by atoms with E-state index in [9.17, 15) is 4.79 Å². The lowest BCUT2D eigenvalue weighted by Crippen LogP contribution is -2.55. The van der Waals surface area contributed by atoms with Crippen LogP contribution in [0.3, 0.4) is 0 Å². The van der Waals surface area contributed by atoms with Gasteiger partial charge >= 0.3 is 0 Å². The van der Waals surface area contributed by atoms with E-state index in [0.29, 0.717) is 13.0 Å². The number of carbonyl (C=O) groups is 1. The zero-order valence-electron chi connectivity index (χ0n) is 13.7. The van der Waals surface area contributed by atoms with E-state index in [4.69, 9.17) is 9.47 Å². The average Bonchev–Trinajstić information content (AvgIpc) is 2.55. The van der Waals surface area contributed by atoms with Crippen LogP contribution in [0.25, 0.3) is 0 Å². The molecule has 5 heteroatoms. The third-order valence-electron chi connectivity index (χ3n) is 4.11. The van der Waals surface area contributed by atoms with E-state index in [-0.39, 0.29) is 11.4 Å². The first-order valence-corrected chi connectivity index (χ1v) is 7.74. The van der Waals surface area contributed by atoms with E-state index in [0.717, 1.165) is 37.6 Å². The van der Waals surface area contributed by atoms with E-state index >= 15 is 0 Å². The lowest BCUT2D eigenvalue weighted by molar-refractivity contribution is -0.121. The molecule has 1 amide bonds. The van der Waals surface area contributed by atoms with Crippen LogP contribution in [0.4, 0.5) is 0 Å². The molecule has 1 aliphatic heterocycles. The molecule has 1 aliphatic rings. The first-order chi connectivity index (χ1) is 10.5. The quantitative estimate of drug-likeness (QED) is 0.864. The summed E-state index contributed by atoms with van der Waals surface area (Å²) in [7, 11) is 1.63. The summed E-state index contributed by atoms with van der Waals surface area (Å²) in [6, 6.07) is 7.59. The third-order valence-corrected chi connectivity index (χ3v) is 4.11. The van der Waals surface area contributed by atoms with Crippen LogP contribution in [0.15, 0.2) is 24.3 Å². The summed E-state index contributed by atoms with van der Waals surface area (Å²) in [5.74, 6) is 0.851. The molecule has 0 spiro atoms. The Bertz CT molecular complexity index is 479. The lowest BCUT2D eigenvalue weighted by Gasteiger charge is -2.40. The molecular weight excluding hydrogens is 280 g/mol. The number of morpholine rings is 1. The van der Waals surface area contributed by atoms with Gasteiger partial charge < -0.3 is 14.8 Å². The highest BCUT2D eigenvalue weighted by Crippen LogP contribution is 2.15. The van der Waals surface area contributed by atoms with Gasteiger partial charge in [0.05, 0.1) is 26.7 Å². The maximum absolute atomic E-state index is 12.1. The molecule has 5 nitrogen and oxygen atoms in total. The predicted octanol–water partition coefficient (Wildman–Crippen LogP) is 1.46. The standard InChI is InChI=1S/C17H26N2O3/c1-17(2,19-8-10-22-11-9-19)13-18-16(20)12-14-4-6-15(21-3)7-5-14/h4-7H,8-13H2,1-3H3,(H,18,20). The van der Waals surface area contributed by atoms with Crippen LogP contribution in [-0.2, 0) is 16.0 Å². The van der Waals surface area contributed by atoms with Crippen molar-refractivity contribution in [3.63, 3.8) is 0 Å². The Balaban J connectivity index is 1.80. The fraction of sp³-hybridized carbons (Fsp3) is 0.588. The van der Waals surface area contributed by atoms with Crippen molar-refractivity contribution in [1.82, 2.24) is 10.2 Å². The molecule has 0 bridgehead atoms. The number of benzene rings is 1. The zero-order valence-corrected chi connectivity index (χ0v) is 13.7. The Labute approximate surface area is 132 Å². The van der Waals surface area contributed by atoms with Gasteiger partial charge in [0.25, 0.3) is 0 Å². The van der Waals surface area contributed by atoms with Gasteiger partial charge in [-0.15, -0.1) is 0 Å². The van der Waals surface area contributed by atoms with Gasteiger partial charge in [0.2, 0.25) is 5.91 Å². The fourth-order valence-corrected chi connectivity index (χ4v) is 2.59. The lowest BCUT2D eigenvalue weighted by atomic mass is 10.0. The van der Waals surface area contributed by atoms with Gasteiger partial charge in [-0.25, -0.2) is 0 Å². The molecule has 0 radical (unpaired) electrons. The summed E-state index contributed by atoms with van der Waals surface area (Å²) in [6.07, 6.45) is 0.392. The second kappa shape index (κ2) is 7.61. The normalized spacial score (nSPS) is 16.3. The van der Waals surface area contributed by atoms with Gasteiger partial charge in [0, 0.05) is 25.2 Å². The van der Waals surface area contributed by atoms with E-state index in [1.54, 1.807) is 7.11 Å². The van der Waals surface area contributed by atoms with E-state index < -0.39 is 0 Å². The van der Waals surface area contributed by atoms with Gasteiger partial charge in [0.1, 0.15) is 5.75 Å². The molecule has 0 unspecified atom stereocenters. The second-order valence-electron chi connectivity index (χ2n) is 6.21. The van der Waals surface area contributed by atoms with Crippen molar-refractivity contribution in [3.8, 4) is 5.75 Å². The monoisotopic (exact) mass is 306 g/mol. The molecule has 0 aromatic heterocycles. The zero-order chi connectivity index (χ0) is 16.0. The Kier molecular flexibility index (Phi) is 5.80. The molecule has 1 N–H and O–H groups in total. The van der Waals surface area contributed by atoms with Crippen molar-refractivity contribution in [2.45, 2.75) is 25.8 Å². The second-order valence-corrected chi connectivity index (χ2v) is 6.21. The number of ether oxygens (including phenoxy) is 2. The number of rotatable bonds is 6. The molecule has 0 saturated carbocycles. The minimum atomic E-state index is -0.0562.